The Hall–Kier alpha value is -0.830. The molecule has 3 heteroatoms. The van der Waals surface area contributed by atoms with Crippen LogP contribution < -0.4 is 0 Å². The van der Waals surface area contributed by atoms with Crippen LogP contribution in [0.4, 0.5) is 0 Å². The van der Waals surface area contributed by atoms with E-state index in [-0.39, 0.29) is 11.9 Å². The van der Waals surface area contributed by atoms with Gasteiger partial charge in [-0.05, 0) is 51.3 Å². The number of likely N-dealkylation sites (tertiary alicyclic amines) is 1. The van der Waals surface area contributed by atoms with E-state index in [0.717, 1.165) is 57.5 Å². The maximum absolute atomic E-state index is 12.1. The second kappa shape index (κ2) is 6.93. The third-order valence-electron chi connectivity index (χ3n) is 3.90. The van der Waals surface area contributed by atoms with Crippen LogP contribution >= 0.6 is 0 Å². The van der Waals surface area contributed by atoms with Crippen molar-refractivity contribution >= 4 is 5.97 Å². The standard InChI is InChI=1S/C15H25NO2/c1-2-3-10-16-11-6-7-13(12-16)15(17)18-14-8-4-5-9-14/h8,13H,2-7,9-12H2,1H3. The summed E-state index contributed by atoms with van der Waals surface area (Å²) in [7, 11) is 0. The van der Waals surface area contributed by atoms with Crippen LogP contribution in [0.2, 0.25) is 0 Å². The fourth-order valence-electron chi connectivity index (χ4n) is 2.78. The SMILES string of the molecule is CCCCN1CCCC(C(=O)OC2=CCCC2)C1. The number of ether oxygens (including phenoxy) is 1. The van der Waals surface area contributed by atoms with Gasteiger partial charge in [-0.2, -0.15) is 0 Å². The third-order valence-corrected chi connectivity index (χ3v) is 3.90. The monoisotopic (exact) mass is 251 g/mol. The highest BCUT2D eigenvalue weighted by atomic mass is 16.5. The number of unbranched alkanes of at least 4 members (excludes halogenated alkanes) is 1. The molecule has 2 rings (SSSR count). The number of hydrogen-bond donors (Lipinski definition) is 0. The largest absolute Gasteiger partial charge is 0.431 e. The second-order valence-electron chi connectivity index (χ2n) is 5.48. The third kappa shape index (κ3) is 3.84. The number of carbonyl (C=O) groups excluding carboxylic acids is 1. The molecule has 1 aliphatic heterocycles. The van der Waals surface area contributed by atoms with Crippen LogP contribution in [0.5, 0.6) is 0 Å². The smallest absolute Gasteiger partial charge is 0.315 e. The zero-order valence-electron chi connectivity index (χ0n) is 11.5. The number of piperidine rings is 1. The van der Waals surface area contributed by atoms with Gasteiger partial charge >= 0.3 is 5.97 Å². The van der Waals surface area contributed by atoms with E-state index in [1.807, 2.05) is 0 Å². The zero-order valence-corrected chi connectivity index (χ0v) is 11.5. The van der Waals surface area contributed by atoms with Crippen LogP contribution in [0.1, 0.15) is 51.9 Å². The quantitative estimate of drug-likeness (QED) is 0.703. The molecule has 1 atom stereocenters. The molecular weight excluding hydrogens is 226 g/mol. The molecule has 18 heavy (non-hydrogen) atoms. The maximum atomic E-state index is 12.1. The van der Waals surface area contributed by atoms with Crippen LogP contribution in [-0.4, -0.2) is 30.5 Å². The summed E-state index contributed by atoms with van der Waals surface area (Å²) in [4.78, 5) is 14.5. The molecule has 3 nitrogen and oxygen atoms in total. The van der Waals surface area contributed by atoms with Crippen molar-refractivity contribution in [1.29, 1.82) is 0 Å². The number of rotatable bonds is 5. The second-order valence-corrected chi connectivity index (χ2v) is 5.48. The maximum Gasteiger partial charge on any atom is 0.315 e. The first-order valence-corrected chi connectivity index (χ1v) is 7.42. The van der Waals surface area contributed by atoms with Gasteiger partial charge in [-0.1, -0.05) is 13.3 Å². The molecule has 1 aliphatic carbocycles. The first-order valence-electron chi connectivity index (χ1n) is 7.42. The fourth-order valence-corrected chi connectivity index (χ4v) is 2.78. The first-order chi connectivity index (χ1) is 8.79. The van der Waals surface area contributed by atoms with E-state index >= 15 is 0 Å². The molecule has 0 aromatic heterocycles. The summed E-state index contributed by atoms with van der Waals surface area (Å²) in [5.41, 5.74) is 0. The van der Waals surface area contributed by atoms with Crippen LogP contribution in [0, 0.1) is 5.92 Å². The molecule has 1 saturated heterocycles. The van der Waals surface area contributed by atoms with E-state index < -0.39 is 0 Å². The number of esters is 1. The van der Waals surface area contributed by atoms with Crippen molar-refractivity contribution in [2.45, 2.75) is 51.9 Å². The molecule has 1 unspecified atom stereocenters. The van der Waals surface area contributed by atoms with Gasteiger partial charge in [0.25, 0.3) is 0 Å². The zero-order chi connectivity index (χ0) is 12.8. The van der Waals surface area contributed by atoms with Crippen molar-refractivity contribution in [2.24, 2.45) is 5.92 Å². The average molecular weight is 251 g/mol. The molecule has 0 N–H and O–H groups in total. The van der Waals surface area contributed by atoms with Crippen LogP contribution in [0.15, 0.2) is 11.8 Å². The van der Waals surface area contributed by atoms with Crippen molar-refractivity contribution in [3.05, 3.63) is 11.8 Å². The molecule has 0 aromatic carbocycles. The van der Waals surface area contributed by atoms with E-state index in [4.69, 9.17) is 4.74 Å². The van der Waals surface area contributed by atoms with E-state index in [0.29, 0.717) is 0 Å². The summed E-state index contributed by atoms with van der Waals surface area (Å²) in [6, 6.07) is 0. The van der Waals surface area contributed by atoms with Gasteiger partial charge in [-0.25, -0.2) is 0 Å². The predicted molar refractivity (Wildman–Crippen MR) is 72.1 cm³/mol. The van der Waals surface area contributed by atoms with Crippen LogP contribution in [0.3, 0.4) is 0 Å². The van der Waals surface area contributed by atoms with E-state index in [1.54, 1.807) is 0 Å². The minimum Gasteiger partial charge on any atom is -0.431 e. The van der Waals surface area contributed by atoms with Crippen molar-refractivity contribution in [3.8, 4) is 0 Å². The molecule has 0 radical (unpaired) electrons. The molecule has 0 amide bonds. The molecule has 2 aliphatic rings. The van der Waals surface area contributed by atoms with Gasteiger partial charge in [-0.15, -0.1) is 0 Å². The molecule has 0 saturated carbocycles. The summed E-state index contributed by atoms with van der Waals surface area (Å²) < 4.78 is 5.50. The Morgan fingerprint density at radius 2 is 2.39 bits per heavy atom. The highest BCUT2D eigenvalue weighted by Crippen LogP contribution is 2.23. The average Bonchev–Trinajstić information content (AvgIpc) is 2.89. The lowest BCUT2D eigenvalue weighted by molar-refractivity contribution is -0.146. The highest BCUT2D eigenvalue weighted by molar-refractivity contribution is 5.74. The first kappa shape index (κ1) is 13.6. The van der Waals surface area contributed by atoms with Gasteiger partial charge in [0.2, 0.25) is 0 Å². The molecule has 0 bridgehead atoms. The predicted octanol–water partition coefficient (Wildman–Crippen LogP) is 3.11. The van der Waals surface area contributed by atoms with E-state index in [1.165, 1.54) is 12.8 Å². The summed E-state index contributed by atoms with van der Waals surface area (Å²) in [5, 5.41) is 0. The summed E-state index contributed by atoms with van der Waals surface area (Å²) in [6.07, 6.45) is 9.78. The van der Waals surface area contributed by atoms with Gasteiger partial charge in [0, 0.05) is 13.0 Å². The minimum atomic E-state index is 0.00403. The van der Waals surface area contributed by atoms with Gasteiger partial charge in [0.1, 0.15) is 5.76 Å². The van der Waals surface area contributed by atoms with Crippen molar-refractivity contribution < 1.29 is 9.53 Å². The summed E-state index contributed by atoms with van der Waals surface area (Å²) in [6.45, 7) is 5.38. The Labute approximate surface area is 110 Å². The van der Waals surface area contributed by atoms with Crippen molar-refractivity contribution in [1.82, 2.24) is 4.90 Å². The molecular formula is C15H25NO2. The summed E-state index contributed by atoms with van der Waals surface area (Å²) >= 11 is 0. The number of hydrogen-bond acceptors (Lipinski definition) is 3. The Morgan fingerprint density at radius 3 is 3.11 bits per heavy atom. The lowest BCUT2D eigenvalue weighted by Gasteiger charge is -2.31. The molecule has 0 spiro atoms. The molecule has 0 aromatic rings. The van der Waals surface area contributed by atoms with Gasteiger partial charge in [0.15, 0.2) is 0 Å². The molecule has 102 valence electrons. The number of allylic oxidation sites excluding steroid dienone is 2. The lowest BCUT2D eigenvalue weighted by Crippen LogP contribution is -2.39. The van der Waals surface area contributed by atoms with Crippen LogP contribution in [-0.2, 0) is 9.53 Å². The highest BCUT2D eigenvalue weighted by Gasteiger charge is 2.27. The summed E-state index contributed by atoms with van der Waals surface area (Å²) in [5.74, 6) is 1.01. The van der Waals surface area contributed by atoms with E-state index in [9.17, 15) is 4.79 Å². The van der Waals surface area contributed by atoms with Crippen molar-refractivity contribution in [2.75, 3.05) is 19.6 Å². The molecule has 1 heterocycles. The number of carbonyl (C=O) groups is 1. The van der Waals surface area contributed by atoms with Gasteiger partial charge < -0.3 is 9.64 Å². The Morgan fingerprint density at radius 1 is 1.50 bits per heavy atom. The fraction of sp³-hybridized carbons (Fsp3) is 0.800. The Bertz CT molecular complexity index is 312. The van der Waals surface area contributed by atoms with Gasteiger partial charge in [0.05, 0.1) is 5.92 Å². The molecule has 1 fully saturated rings. The van der Waals surface area contributed by atoms with Crippen molar-refractivity contribution in [3.63, 3.8) is 0 Å². The van der Waals surface area contributed by atoms with E-state index in [2.05, 4.69) is 17.9 Å². The number of nitrogens with zero attached hydrogens (tertiary/aromatic N) is 1. The van der Waals surface area contributed by atoms with Gasteiger partial charge in [-0.3, -0.25) is 4.79 Å². The Balaban J connectivity index is 1.78. The minimum absolute atomic E-state index is 0.00403. The van der Waals surface area contributed by atoms with Crippen LogP contribution in [0.25, 0.3) is 0 Å². The normalized spacial score (nSPS) is 24.9. The Kier molecular flexibility index (Phi) is 5.24. The lowest BCUT2D eigenvalue weighted by atomic mass is 9.98. The topological polar surface area (TPSA) is 29.5 Å².